The molecule has 9 nitrogen and oxygen atoms in total. The van der Waals surface area contributed by atoms with Crippen molar-refractivity contribution < 1.29 is 22.9 Å². The van der Waals surface area contributed by atoms with E-state index in [-0.39, 0.29) is 17.3 Å². The van der Waals surface area contributed by atoms with Crippen molar-refractivity contribution in [3.05, 3.63) is 52.6 Å². The first-order chi connectivity index (χ1) is 11.7. The molecule has 1 amide bonds. The summed E-state index contributed by atoms with van der Waals surface area (Å²) >= 11 is 0. The zero-order chi connectivity index (χ0) is 18.6. The Kier molecular flexibility index (Phi) is 5.22. The van der Waals surface area contributed by atoms with Gasteiger partial charge in [0.15, 0.2) is 4.90 Å². The molecular formula is C15H15N3O6S. The highest BCUT2D eigenvalue weighted by Crippen LogP contribution is 2.32. The first-order valence-corrected chi connectivity index (χ1v) is 8.45. The number of anilines is 2. The molecule has 0 heterocycles. The lowest BCUT2D eigenvalue weighted by molar-refractivity contribution is -0.387. The first kappa shape index (κ1) is 18.2. The van der Waals surface area contributed by atoms with E-state index in [1.807, 2.05) is 0 Å². The second kappa shape index (κ2) is 7.18. The van der Waals surface area contributed by atoms with Gasteiger partial charge < -0.3 is 10.1 Å². The van der Waals surface area contributed by atoms with E-state index in [2.05, 4.69) is 10.0 Å². The van der Waals surface area contributed by atoms with E-state index in [4.69, 9.17) is 4.74 Å². The number of methoxy groups -OCH3 is 1. The number of carbonyl (C=O) groups excluding carboxylic acids is 1. The molecule has 0 radical (unpaired) electrons. The smallest absolute Gasteiger partial charge is 0.289 e. The summed E-state index contributed by atoms with van der Waals surface area (Å²) in [4.78, 5) is 21.0. The summed E-state index contributed by atoms with van der Waals surface area (Å²) in [5.41, 5.74) is -0.174. The number of sulfonamides is 1. The van der Waals surface area contributed by atoms with Crippen LogP contribution in [0, 0.1) is 10.1 Å². The highest BCUT2D eigenvalue weighted by Gasteiger charge is 2.26. The molecule has 0 atom stereocenters. The molecule has 0 saturated heterocycles. The fraction of sp³-hybridized carbons (Fsp3) is 0.133. The Hall–Kier alpha value is -3.14. The molecule has 25 heavy (non-hydrogen) atoms. The van der Waals surface area contributed by atoms with Gasteiger partial charge in [0.25, 0.3) is 15.7 Å². The molecule has 0 saturated carbocycles. The van der Waals surface area contributed by atoms with Crippen LogP contribution in [0.4, 0.5) is 17.1 Å². The van der Waals surface area contributed by atoms with Crippen LogP contribution in [0.1, 0.15) is 6.92 Å². The van der Waals surface area contributed by atoms with Crippen LogP contribution in [0.3, 0.4) is 0 Å². The lowest BCUT2D eigenvalue weighted by Gasteiger charge is -2.13. The third-order valence-electron chi connectivity index (χ3n) is 3.12. The monoisotopic (exact) mass is 365 g/mol. The Labute approximate surface area is 143 Å². The summed E-state index contributed by atoms with van der Waals surface area (Å²) in [5.74, 6) is -0.145. The standard InChI is InChI=1S/C15H15N3O6S/c1-10(19)16-11-7-8-14(24-2)12(9-11)17-25(22,23)15-6-4-3-5-13(15)18(20)21/h3-9,17H,1-2H3,(H,16,19). The lowest BCUT2D eigenvalue weighted by atomic mass is 10.2. The molecule has 2 aromatic carbocycles. The average molecular weight is 365 g/mol. The van der Waals surface area contributed by atoms with E-state index in [9.17, 15) is 23.3 Å². The number of benzene rings is 2. The topological polar surface area (TPSA) is 128 Å². The van der Waals surface area contributed by atoms with E-state index in [0.29, 0.717) is 5.69 Å². The van der Waals surface area contributed by atoms with Crippen LogP contribution in [-0.2, 0) is 14.8 Å². The quantitative estimate of drug-likeness (QED) is 0.597. The van der Waals surface area contributed by atoms with E-state index >= 15 is 0 Å². The van der Waals surface area contributed by atoms with Gasteiger partial charge in [-0.25, -0.2) is 8.42 Å². The Bertz CT molecular complexity index is 927. The minimum atomic E-state index is -4.25. The van der Waals surface area contributed by atoms with Gasteiger partial charge in [0.1, 0.15) is 5.75 Å². The van der Waals surface area contributed by atoms with Crippen LogP contribution >= 0.6 is 0 Å². The fourth-order valence-electron chi connectivity index (χ4n) is 2.10. The van der Waals surface area contributed by atoms with Crippen molar-refractivity contribution in [3.63, 3.8) is 0 Å². The Morgan fingerprint density at radius 1 is 1.20 bits per heavy atom. The minimum Gasteiger partial charge on any atom is -0.495 e. The van der Waals surface area contributed by atoms with Crippen LogP contribution < -0.4 is 14.8 Å². The van der Waals surface area contributed by atoms with Gasteiger partial charge in [0, 0.05) is 18.7 Å². The number of nitro benzene ring substituents is 1. The van der Waals surface area contributed by atoms with Crippen molar-refractivity contribution in [1.29, 1.82) is 0 Å². The fourth-order valence-corrected chi connectivity index (χ4v) is 3.34. The van der Waals surface area contributed by atoms with Gasteiger partial charge in [-0.3, -0.25) is 19.6 Å². The van der Waals surface area contributed by atoms with Crippen molar-refractivity contribution >= 4 is 33.0 Å². The maximum Gasteiger partial charge on any atom is 0.289 e. The predicted molar refractivity (Wildman–Crippen MR) is 91.2 cm³/mol. The van der Waals surface area contributed by atoms with Gasteiger partial charge in [-0.15, -0.1) is 0 Å². The molecule has 0 aliphatic carbocycles. The number of para-hydroxylation sites is 1. The molecule has 2 aromatic rings. The zero-order valence-electron chi connectivity index (χ0n) is 13.3. The minimum absolute atomic E-state index is 0.0342. The normalized spacial score (nSPS) is 10.8. The van der Waals surface area contributed by atoms with Crippen molar-refractivity contribution in [2.45, 2.75) is 11.8 Å². The third-order valence-corrected chi connectivity index (χ3v) is 4.53. The number of carbonyl (C=O) groups is 1. The van der Waals surface area contributed by atoms with Gasteiger partial charge in [-0.2, -0.15) is 0 Å². The summed E-state index contributed by atoms with van der Waals surface area (Å²) in [6, 6.07) is 9.32. The van der Waals surface area contributed by atoms with Crippen LogP contribution in [0.5, 0.6) is 5.75 Å². The van der Waals surface area contributed by atoms with Gasteiger partial charge in [-0.05, 0) is 24.3 Å². The largest absolute Gasteiger partial charge is 0.495 e. The Morgan fingerprint density at radius 2 is 1.88 bits per heavy atom. The van der Waals surface area contributed by atoms with Crippen LogP contribution in [-0.4, -0.2) is 26.4 Å². The summed E-state index contributed by atoms with van der Waals surface area (Å²) in [6.07, 6.45) is 0. The highest BCUT2D eigenvalue weighted by atomic mass is 32.2. The molecule has 0 aliphatic heterocycles. The van der Waals surface area contributed by atoms with E-state index in [0.717, 1.165) is 12.1 Å². The van der Waals surface area contributed by atoms with E-state index in [1.165, 1.54) is 44.4 Å². The highest BCUT2D eigenvalue weighted by molar-refractivity contribution is 7.92. The molecular weight excluding hydrogens is 350 g/mol. The molecule has 0 aromatic heterocycles. The van der Waals surface area contributed by atoms with E-state index in [1.54, 1.807) is 0 Å². The zero-order valence-corrected chi connectivity index (χ0v) is 14.2. The van der Waals surface area contributed by atoms with Crippen LogP contribution in [0.2, 0.25) is 0 Å². The summed E-state index contributed by atoms with van der Waals surface area (Å²) in [7, 11) is -2.91. The number of hydrogen-bond acceptors (Lipinski definition) is 6. The molecule has 0 bridgehead atoms. The molecule has 2 rings (SSSR count). The maximum atomic E-state index is 12.6. The number of hydrogen-bond donors (Lipinski definition) is 2. The van der Waals surface area contributed by atoms with Crippen molar-refractivity contribution in [2.75, 3.05) is 17.1 Å². The molecule has 132 valence electrons. The molecule has 0 fully saturated rings. The molecule has 0 aliphatic rings. The van der Waals surface area contributed by atoms with Crippen molar-refractivity contribution in [2.24, 2.45) is 0 Å². The summed E-state index contributed by atoms with van der Waals surface area (Å²) < 4.78 is 32.5. The number of ether oxygens (including phenoxy) is 1. The number of amides is 1. The third kappa shape index (κ3) is 4.23. The average Bonchev–Trinajstić information content (AvgIpc) is 2.54. The van der Waals surface area contributed by atoms with E-state index < -0.39 is 25.5 Å². The lowest BCUT2D eigenvalue weighted by Crippen LogP contribution is -2.15. The van der Waals surface area contributed by atoms with Crippen molar-refractivity contribution in [3.8, 4) is 5.75 Å². The summed E-state index contributed by atoms with van der Waals surface area (Å²) in [6.45, 7) is 1.31. The number of rotatable bonds is 6. The second-order valence-corrected chi connectivity index (χ2v) is 6.58. The summed E-state index contributed by atoms with van der Waals surface area (Å²) in [5, 5.41) is 13.6. The van der Waals surface area contributed by atoms with Crippen molar-refractivity contribution in [1.82, 2.24) is 0 Å². The first-order valence-electron chi connectivity index (χ1n) is 6.96. The number of nitro groups is 1. The van der Waals surface area contributed by atoms with Gasteiger partial charge in [0.05, 0.1) is 17.7 Å². The Balaban J connectivity index is 2.47. The second-order valence-electron chi connectivity index (χ2n) is 4.93. The Morgan fingerprint density at radius 3 is 2.48 bits per heavy atom. The van der Waals surface area contributed by atoms with Crippen LogP contribution in [0.25, 0.3) is 0 Å². The molecule has 0 unspecified atom stereocenters. The maximum absolute atomic E-state index is 12.6. The predicted octanol–water partition coefficient (Wildman–Crippen LogP) is 2.36. The number of nitrogens with one attached hydrogen (secondary N) is 2. The molecule has 10 heteroatoms. The molecule has 0 spiro atoms. The number of nitrogens with zero attached hydrogens (tertiary/aromatic N) is 1. The van der Waals surface area contributed by atoms with Gasteiger partial charge in [0.2, 0.25) is 5.91 Å². The van der Waals surface area contributed by atoms with Gasteiger partial charge >= 0.3 is 0 Å². The molecule has 2 N–H and O–H groups in total. The van der Waals surface area contributed by atoms with Gasteiger partial charge in [-0.1, -0.05) is 12.1 Å². The van der Waals surface area contributed by atoms with Crippen LogP contribution in [0.15, 0.2) is 47.4 Å². The SMILES string of the molecule is COc1ccc(NC(C)=O)cc1NS(=O)(=O)c1ccccc1[N+](=O)[O-].